The fourth-order valence-corrected chi connectivity index (χ4v) is 3.93. The maximum atomic E-state index is 13.4. The lowest BCUT2D eigenvalue weighted by atomic mass is 9.85. The summed E-state index contributed by atoms with van der Waals surface area (Å²) in [5, 5.41) is -7.96. The van der Waals surface area contributed by atoms with Crippen molar-refractivity contribution in [3.05, 3.63) is 0 Å². The third-order valence-corrected chi connectivity index (χ3v) is 8.64. The highest BCUT2D eigenvalue weighted by molar-refractivity contribution is 7.87. The lowest BCUT2D eigenvalue weighted by Crippen LogP contribution is -2.78. The van der Waals surface area contributed by atoms with E-state index >= 15 is 0 Å². The van der Waals surface area contributed by atoms with Gasteiger partial charge in [-0.05, 0) is 0 Å². The molecule has 49 heteroatoms. The summed E-state index contributed by atoms with van der Waals surface area (Å²) in [5.74, 6) is -154. The van der Waals surface area contributed by atoms with Gasteiger partial charge in [0.05, 0.1) is 0 Å². The second kappa shape index (κ2) is 16.6. The van der Waals surface area contributed by atoms with Crippen molar-refractivity contribution in [1.29, 1.82) is 0 Å². The molecular formula is C21H3F44NO3S. The van der Waals surface area contributed by atoms with Crippen LogP contribution < -0.4 is 5.73 Å². The first-order valence-corrected chi connectivity index (χ1v) is 15.5. The van der Waals surface area contributed by atoms with Gasteiger partial charge in [-0.3, -0.25) is 10.3 Å². The van der Waals surface area contributed by atoms with Gasteiger partial charge in [0.25, 0.3) is 0 Å². The zero-order valence-electron chi connectivity index (χ0n) is 29.4. The Balaban J connectivity index is 0. The molecule has 4 nitrogen and oxygen atoms in total. The van der Waals surface area contributed by atoms with Gasteiger partial charge in [0.15, 0.2) is 0 Å². The highest BCUT2D eigenvalue weighted by Gasteiger charge is 3.01. The van der Waals surface area contributed by atoms with Crippen LogP contribution in [-0.4, -0.2) is 137 Å². The summed E-state index contributed by atoms with van der Waals surface area (Å²) in [6.45, 7) is 0. The van der Waals surface area contributed by atoms with Crippen LogP contribution in [0.5, 0.6) is 0 Å². The summed E-state index contributed by atoms with van der Waals surface area (Å²) in [7, 11) is -8.00. The first kappa shape index (κ1) is 68.9. The van der Waals surface area contributed by atoms with Crippen LogP contribution in [0.25, 0.3) is 0 Å². The van der Waals surface area contributed by atoms with Gasteiger partial charge in [-0.25, -0.2) is 0 Å². The fraction of sp³-hybridized carbons (Fsp3) is 1.00. The molecule has 70 heavy (non-hydrogen) atoms. The standard InChI is InChI=1S/C12H2F25N.C9HF19O3S/c13-1(14,3(17,18)5(21,22)7(25,26)9(29,30)11(33,34)35)2(15,16)4(19,20)6(23,24)8(27,28)10(31,32)12(36,37)38;10-1(11,2(12,13)4(16,17)6(20,21)8(24,25)26)3(14,15)5(18,19)7(22,23)9(27,28)32(29,30)31/h38H2;(H,29,30,31). The Morgan fingerprint density at radius 2 is 0.329 bits per heavy atom. The average Bonchev–Trinajstić information content (AvgIpc) is 3.08. The lowest BCUT2D eigenvalue weighted by molar-refractivity contribution is -0.482. The molecule has 0 amide bonds. The highest BCUT2D eigenvalue weighted by atomic mass is 32.2. The van der Waals surface area contributed by atoms with Crippen LogP contribution in [0.4, 0.5) is 193 Å². The maximum Gasteiger partial charge on any atom is 0.460 e. The second-order valence-electron chi connectivity index (χ2n) is 12.4. The van der Waals surface area contributed by atoms with Crippen molar-refractivity contribution in [2.24, 2.45) is 5.73 Å². The number of hydrogen-bond acceptors (Lipinski definition) is 3. The van der Waals surface area contributed by atoms with Gasteiger partial charge in [0.2, 0.25) is 0 Å². The molecule has 0 spiro atoms. The Hall–Kier alpha value is -3.21. The van der Waals surface area contributed by atoms with E-state index in [1.807, 2.05) is 0 Å². The predicted octanol–water partition coefficient (Wildman–Crippen LogP) is 12.9. The summed E-state index contributed by atoms with van der Waals surface area (Å²) in [6.07, 6.45) is -16.2. The molecule has 0 aromatic rings. The minimum atomic E-state index is -9.59. The van der Waals surface area contributed by atoms with Crippen LogP contribution in [-0.2, 0) is 10.1 Å². The van der Waals surface area contributed by atoms with Crippen molar-refractivity contribution in [3.8, 4) is 0 Å². The topological polar surface area (TPSA) is 80.4 Å². The van der Waals surface area contributed by atoms with E-state index in [0.29, 0.717) is 0 Å². The van der Waals surface area contributed by atoms with Gasteiger partial charge < -0.3 is 0 Å². The van der Waals surface area contributed by atoms with Gasteiger partial charge in [-0.1, -0.05) is 0 Å². The third kappa shape index (κ3) is 8.44. The van der Waals surface area contributed by atoms with Crippen LogP contribution in [0.15, 0.2) is 0 Å². The summed E-state index contributed by atoms with van der Waals surface area (Å²) < 4.78 is 593. The minimum Gasteiger partial charge on any atom is -0.281 e. The number of rotatable bonds is 18. The zero-order valence-corrected chi connectivity index (χ0v) is 30.2. The van der Waals surface area contributed by atoms with Gasteiger partial charge in [-0.15, -0.1) is 0 Å². The number of hydrogen-bond donors (Lipinski definition) is 2. The van der Waals surface area contributed by atoms with Crippen LogP contribution in [0, 0.1) is 0 Å². The Labute approximate surface area is 347 Å². The van der Waals surface area contributed by atoms with Crippen molar-refractivity contribution in [1.82, 2.24) is 0 Å². The second-order valence-corrected chi connectivity index (χ2v) is 13.8. The van der Waals surface area contributed by atoms with E-state index in [1.54, 1.807) is 0 Å². The van der Waals surface area contributed by atoms with Crippen LogP contribution in [0.3, 0.4) is 0 Å². The van der Waals surface area contributed by atoms with Gasteiger partial charge in [-0.2, -0.15) is 202 Å². The van der Waals surface area contributed by atoms with E-state index in [9.17, 15) is 202 Å². The van der Waals surface area contributed by atoms with E-state index in [2.05, 4.69) is 5.73 Å². The lowest BCUT2D eigenvalue weighted by Gasteiger charge is -2.45. The van der Waals surface area contributed by atoms with E-state index in [0.717, 1.165) is 0 Å². The maximum absolute atomic E-state index is 13.4. The molecule has 0 rings (SSSR count). The summed E-state index contributed by atoms with van der Waals surface area (Å²) in [6, 6.07) is -7.18. The third-order valence-electron chi connectivity index (χ3n) is 7.74. The monoisotopic (exact) mass is 1180 g/mol. The molecule has 3 N–H and O–H groups in total. The summed E-state index contributed by atoms with van der Waals surface area (Å²) in [4.78, 5) is 0. The average molecular weight is 1190 g/mol. The number of alkyl halides is 44. The van der Waals surface area contributed by atoms with Gasteiger partial charge >= 0.3 is 134 Å². The van der Waals surface area contributed by atoms with Crippen LogP contribution >= 0.6 is 0 Å². The van der Waals surface area contributed by atoms with Crippen molar-refractivity contribution < 1.29 is 206 Å². The molecule has 0 aliphatic carbocycles. The molecule has 424 valence electrons. The van der Waals surface area contributed by atoms with Crippen molar-refractivity contribution in [3.63, 3.8) is 0 Å². The van der Waals surface area contributed by atoms with E-state index in [4.69, 9.17) is 4.55 Å². The largest absolute Gasteiger partial charge is 0.460 e. The first-order valence-electron chi connectivity index (χ1n) is 14.1. The normalized spacial score (nSPS) is 17.1. The molecule has 0 fully saturated rings. The summed E-state index contributed by atoms with van der Waals surface area (Å²) in [5.41, 5.74) is 2.94. The Kier molecular flexibility index (Phi) is 16.4. The van der Waals surface area contributed by atoms with Gasteiger partial charge in [0, 0.05) is 0 Å². The molecule has 0 heterocycles. The predicted molar refractivity (Wildman–Crippen MR) is 122 cm³/mol. The molecular weight excluding hydrogens is 1180 g/mol. The molecule has 0 saturated carbocycles. The Bertz CT molecular complexity index is 1910. The smallest absolute Gasteiger partial charge is 0.281 e. The molecule has 0 aliphatic heterocycles. The van der Waals surface area contributed by atoms with E-state index < -0.39 is 134 Å². The van der Waals surface area contributed by atoms with Crippen LogP contribution in [0.1, 0.15) is 0 Å². The Morgan fingerprint density at radius 3 is 0.443 bits per heavy atom. The SMILES string of the molecule is NC(F)(F)C(F)(F)C(F)(F)C(F)(F)C(F)(F)C(F)(F)C(F)(F)C(F)(F)C(F)(F)C(F)(F)C(F)(F)C(F)(F)F.O=S(=O)(O)C(F)(F)C(F)(F)C(F)(F)C(F)(F)C(F)(F)C(F)(F)C(F)(F)C(F)(F)C(F)(F)F. The Morgan fingerprint density at radius 1 is 0.214 bits per heavy atom. The van der Waals surface area contributed by atoms with E-state index in [1.165, 1.54) is 0 Å². The quantitative estimate of drug-likeness (QED) is 0.0814. The first-order chi connectivity index (χ1) is 29.0. The molecule has 0 unspecified atom stereocenters. The molecule has 0 atom stereocenters. The van der Waals surface area contributed by atoms with Crippen molar-refractivity contribution >= 4 is 10.1 Å². The highest BCUT2D eigenvalue weighted by Crippen LogP contribution is 2.69. The molecule has 0 bridgehead atoms. The minimum absolute atomic E-state index is 2.94. The van der Waals surface area contributed by atoms with Gasteiger partial charge in [0.1, 0.15) is 0 Å². The van der Waals surface area contributed by atoms with Crippen molar-refractivity contribution in [2.75, 3.05) is 0 Å². The van der Waals surface area contributed by atoms with Crippen LogP contribution in [0.2, 0.25) is 0 Å². The molecule has 0 aliphatic rings. The molecule has 0 aromatic heterocycles. The zero-order chi connectivity index (χ0) is 59.0. The van der Waals surface area contributed by atoms with E-state index in [-0.39, 0.29) is 0 Å². The number of halogens is 44. The molecule has 0 aromatic carbocycles. The summed E-state index contributed by atoms with van der Waals surface area (Å²) >= 11 is 0. The molecule has 0 radical (unpaired) electrons. The van der Waals surface area contributed by atoms with Crippen molar-refractivity contribution in [2.45, 2.75) is 124 Å². The number of nitrogens with two attached hydrogens (primary N) is 1. The fourth-order valence-electron chi connectivity index (χ4n) is 3.47. The molecule has 0 saturated heterocycles.